The molecule has 0 aliphatic carbocycles. The lowest BCUT2D eigenvalue weighted by Gasteiger charge is -2.34. The maximum Gasteiger partial charge on any atom is 0.356 e. The van der Waals surface area contributed by atoms with E-state index in [1.807, 2.05) is 4.90 Å². The summed E-state index contributed by atoms with van der Waals surface area (Å²) in [6, 6.07) is 3.33. The maximum atomic E-state index is 12.1. The van der Waals surface area contributed by atoms with Gasteiger partial charge in [-0.05, 0) is 12.1 Å². The van der Waals surface area contributed by atoms with E-state index >= 15 is 0 Å². The van der Waals surface area contributed by atoms with Gasteiger partial charge in [-0.15, -0.1) is 0 Å². The standard InChI is InChI=1S/C14H14N4O4/c19-13(11-2-1-7-22-11)18-5-3-17(4-6-18)12-9-15-10(8-16-12)14(20)21/h1-2,7-9H,3-6H2,(H,20,21). The van der Waals surface area contributed by atoms with Gasteiger partial charge in [0.05, 0.1) is 18.7 Å². The average molecular weight is 302 g/mol. The third-order valence-electron chi connectivity index (χ3n) is 3.48. The van der Waals surface area contributed by atoms with Gasteiger partial charge in [-0.2, -0.15) is 0 Å². The van der Waals surface area contributed by atoms with Crippen LogP contribution >= 0.6 is 0 Å². The molecule has 8 nitrogen and oxygen atoms in total. The van der Waals surface area contributed by atoms with Gasteiger partial charge in [-0.25, -0.2) is 14.8 Å². The molecule has 0 spiro atoms. The molecule has 3 heterocycles. The normalized spacial score (nSPS) is 14.9. The molecule has 8 heteroatoms. The number of hydrogen-bond donors (Lipinski definition) is 1. The van der Waals surface area contributed by atoms with Gasteiger partial charge in [0.15, 0.2) is 11.5 Å². The number of carbonyl (C=O) groups is 2. The van der Waals surface area contributed by atoms with E-state index in [-0.39, 0.29) is 11.6 Å². The highest BCUT2D eigenvalue weighted by Crippen LogP contribution is 2.14. The molecule has 1 aliphatic rings. The van der Waals surface area contributed by atoms with Crippen molar-refractivity contribution in [3.05, 3.63) is 42.2 Å². The Hall–Kier alpha value is -2.90. The first-order chi connectivity index (χ1) is 10.6. The summed E-state index contributed by atoms with van der Waals surface area (Å²) in [6.45, 7) is 2.30. The number of anilines is 1. The molecule has 0 aromatic carbocycles. The summed E-state index contributed by atoms with van der Waals surface area (Å²) in [5.74, 6) is -0.293. The zero-order valence-electron chi connectivity index (χ0n) is 11.7. The molecule has 2 aromatic heterocycles. The lowest BCUT2D eigenvalue weighted by molar-refractivity contribution is 0.0686. The Morgan fingerprint density at radius 1 is 1.14 bits per heavy atom. The second-order valence-electron chi connectivity index (χ2n) is 4.82. The first-order valence-corrected chi connectivity index (χ1v) is 6.78. The number of amides is 1. The lowest BCUT2D eigenvalue weighted by Crippen LogP contribution is -2.49. The van der Waals surface area contributed by atoms with Crippen LogP contribution in [-0.2, 0) is 0 Å². The van der Waals surface area contributed by atoms with Crippen molar-refractivity contribution >= 4 is 17.7 Å². The second-order valence-corrected chi connectivity index (χ2v) is 4.82. The smallest absolute Gasteiger partial charge is 0.356 e. The Morgan fingerprint density at radius 3 is 2.45 bits per heavy atom. The molecule has 3 rings (SSSR count). The number of rotatable bonds is 3. The van der Waals surface area contributed by atoms with Crippen molar-refractivity contribution in [2.75, 3.05) is 31.1 Å². The summed E-state index contributed by atoms with van der Waals surface area (Å²) in [7, 11) is 0. The van der Waals surface area contributed by atoms with Crippen molar-refractivity contribution in [3.63, 3.8) is 0 Å². The minimum atomic E-state index is -1.10. The largest absolute Gasteiger partial charge is 0.476 e. The quantitative estimate of drug-likeness (QED) is 0.892. The molecule has 114 valence electrons. The Balaban J connectivity index is 1.62. The van der Waals surface area contributed by atoms with Crippen LogP contribution in [0.4, 0.5) is 5.82 Å². The third kappa shape index (κ3) is 2.76. The first-order valence-electron chi connectivity index (χ1n) is 6.78. The van der Waals surface area contributed by atoms with E-state index in [2.05, 4.69) is 9.97 Å². The summed E-state index contributed by atoms with van der Waals surface area (Å²) in [5.41, 5.74) is -0.0876. The van der Waals surface area contributed by atoms with E-state index in [1.165, 1.54) is 18.7 Å². The van der Waals surface area contributed by atoms with Gasteiger partial charge in [-0.3, -0.25) is 4.79 Å². The van der Waals surface area contributed by atoms with Crippen LogP contribution in [0.3, 0.4) is 0 Å². The second kappa shape index (κ2) is 5.84. The van der Waals surface area contributed by atoms with E-state index in [9.17, 15) is 9.59 Å². The van der Waals surface area contributed by atoms with Crippen molar-refractivity contribution in [3.8, 4) is 0 Å². The van der Waals surface area contributed by atoms with E-state index in [1.54, 1.807) is 17.0 Å². The number of carbonyl (C=O) groups excluding carboxylic acids is 1. The Labute approximate surface area is 126 Å². The molecule has 0 atom stereocenters. The Kier molecular flexibility index (Phi) is 3.73. The van der Waals surface area contributed by atoms with Gasteiger partial charge < -0.3 is 19.3 Å². The van der Waals surface area contributed by atoms with Crippen LogP contribution in [0.25, 0.3) is 0 Å². The van der Waals surface area contributed by atoms with Crippen molar-refractivity contribution in [2.45, 2.75) is 0 Å². The molecule has 1 N–H and O–H groups in total. The Bertz CT molecular complexity index is 661. The van der Waals surface area contributed by atoms with Gasteiger partial charge in [0, 0.05) is 26.2 Å². The van der Waals surface area contributed by atoms with Crippen molar-refractivity contribution in [1.82, 2.24) is 14.9 Å². The van der Waals surface area contributed by atoms with Gasteiger partial charge in [-0.1, -0.05) is 0 Å². The van der Waals surface area contributed by atoms with Crippen molar-refractivity contribution in [2.24, 2.45) is 0 Å². The van der Waals surface area contributed by atoms with E-state index < -0.39 is 5.97 Å². The summed E-state index contributed by atoms with van der Waals surface area (Å²) in [4.78, 5) is 34.5. The third-order valence-corrected chi connectivity index (χ3v) is 3.48. The SMILES string of the molecule is O=C(O)c1cnc(N2CCN(C(=O)c3ccco3)CC2)cn1. The molecule has 0 saturated carbocycles. The summed E-state index contributed by atoms with van der Waals surface area (Å²) >= 11 is 0. The van der Waals surface area contributed by atoms with Crippen LogP contribution in [0, 0.1) is 0 Å². The molecule has 2 aromatic rings. The molecule has 1 saturated heterocycles. The fourth-order valence-electron chi connectivity index (χ4n) is 2.29. The van der Waals surface area contributed by atoms with Gasteiger partial charge in [0.25, 0.3) is 5.91 Å². The fourth-order valence-corrected chi connectivity index (χ4v) is 2.29. The molecule has 0 bridgehead atoms. The van der Waals surface area contributed by atoms with Gasteiger partial charge >= 0.3 is 5.97 Å². The molecule has 1 amide bonds. The van der Waals surface area contributed by atoms with Crippen molar-refractivity contribution in [1.29, 1.82) is 0 Å². The zero-order chi connectivity index (χ0) is 15.5. The molecular weight excluding hydrogens is 288 g/mol. The van der Waals surface area contributed by atoms with Crippen LogP contribution in [0.5, 0.6) is 0 Å². The number of furan rings is 1. The predicted octanol–water partition coefficient (Wildman–Crippen LogP) is 0.730. The number of hydrogen-bond acceptors (Lipinski definition) is 6. The number of aromatic carboxylic acids is 1. The molecule has 0 radical (unpaired) electrons. The van der Waals surface area contributed by atoms with Crippen LogP contribution in [-0.4, -0.2) is 58.0 Å². The number of nitrogens with zero attached hydrogens (tertiary/aromatic N) is 4. The highest BCUT2D eigenvalue weighted by molar-refractivity contribution is 5.91. The number of carboxylic acids is 1. The van der Waals surface area contributed by atoms with Gasteiger partial charge in [0.1, 0.15) is 5.82 Å². The van der Waals surface area contributed by atoms with E-state index in [0.29, 0.717) is 37.8 Å². The van der Waals surface area contributed by atoms with Crippen molar-refractivity contribution < 1.29 is 19.1 Å². The summed E-state index contributed by atoms with van der Waals surface area (Å²) < 4.78 is 5.11. The van der Waals surface area contributed by atoms with Crippen LogP contribution in [0.15, 0.2) is 35.2 Å². The predicted molar refractivity (Wildman–Crippen MR) is 75.8 cm³/mol. The highest BCUT2D eigenvalue weighted by Gasteiger charge is 2.24. The molecule has 1 aliphatic heterocycles. The first kappa shape index (κ1) is 14.1. The average Bonchev–Trinajstić information content (AvgIpc) is 3.09. The minimum Gasteiger partial charge on any atom is -0.476 e. The number of piperazine rings is 1. The van der Waals surface area contributed by atoms with E-state index in [4.69, 9.17) is 9.52 Å². The summed E-state index contributed by atoms with van der Waals surface area (Å²) in [6.07, 6.45) is 4.15. The number of carboxylic acid groups (broad SMARTS) is 1. The van der Waals surface area contributed by atoms with E-state index in [0.717, 1.165) is 0 Å². The molecule has 1 fully saturated rings. The van der Waals surface area contributed by atoms with Gasteiger partial charge in [0.2, 0.25) is 0 Å². The Morgan fingerprint density at radius 2 is 1.91 bits per heavy atom. The highest BCUT2D eigenvalue weighted by atomic mass is 16.4. The topological polar surface area (TPSA) is 99.8 Å². The minimum absolute atomic E-state index is 0.0876. The maximum absolute atomic E-state index is 12.1. The molecule has 0 unspecified atom stereocenters. The zero-order valence-corrected chi connectivity index (χ0v) is 11.7. The molecular formula is C14H14N4O4. The number of aromatic nitrogens is 2. The van der Waals surface area contributed by atoms with Crippen LogP contribution in [0.1, 0.15) is 21.0 Å². The lowest BCUT2D eigenvalue weighted by atomic mass is 10.3. The summed E-state index contributed by atoms with van der Waals surface area (Å²) in [5, 5.41) is 8.80. The van der Waals surface area contributed by atoms with Crippen LogP contribution in [0.2, 0.25) is 0 Å². The monoisotopic (exact) mass is 302 g/mol. The van der Waals surface area contributed by atoms with Crippen LogP contribution < -0.4 is 4.90 Å². The fraction of sp³-hybridized carbons (Fsp3) is 0.286. The molecule has 22 heavy (non-hydrogen) atoms.